The molecule has 0 radical (unpaired) electrons. The third-order valence-corrected chi connectivity index (χ3v) is 14.4. The molecule has 0 fully saturated rings. The monoisotopic (exact) mass is 1120 g/mol. The molecule has 6 nitrogen and oxygen atoms in total. The number of unbranched alkanes of at least 4 members (excludes halogenated alkanes) is 30. The van der Waals surface area contributed by atoms with Crippen molar-refractivity contribution >= 4 is 17.9 Å². The van der Waals surface area contributed by atoms with Crippen LogP contribution in [0.2, 0.25) is 0 Å². The van der Waals surface area contributed by atoms with Crippen molar-refractivity contribution in [1.29, 1.82) is 0 Å². The van der Waals surface area contributed by atoms with Gasteiger partial charge in [0.2, 0.25) is 0 Å². The largest absolute Gasteiger partial charge is 0.462 e. The third kappa shape index (κ3) is 66.5. The van der Waals surface area contributed by atoms with Crippen molar-refractivity contribution in [3.63, 3.8) is 0 Å². The van der Waals surface area contributed by atoms with Crippen molar-refractivity contribution in [2.45, 2.75) is 322 Å². The minimum absolute atomic E-state index is 0.0873. The summed E-state index contributed by atoms with van der Waals surface area (Å²) in [5.41, 5.74) is 0. The van der Waals surface area contributed by atoms with Crippen molar-refractivity contribution in [1.82, 2.24) is 0 Å². The summed E-state index contributed by atoms with van der Waals surface area (Å²) in [6.07, 6.45) is 94.9. The first-order chi connectivity index (χ1) is 40.0. The van der Waals surface area contributed by atoms with Gasteiger partial charge in [0.25, 0.3) is 0 Å². The molecule has 0 aliphatic carbocycles. The first kappa shape index (κ1) is 76.8. The zero-order valence-corrected chi connectivity index (χ0v) is 53.0. The van der Waals surface area contributed by atoms with E-state index in [1.807, 2.05) is 0 Å². The Morgan fingerprint density at radius 2 is 0.481 bits per heavy atom. The summed E-state index contributed by atoms with van der Waals surface area (Å²) >= 11 is 0. The fourth-order valence-electron chi connectivity index (χ4n) is 9.33. The summed E-state index contributed by atoms with van der Waals surface area (Å²) in [5, 5.41) is 0. The Kier molecular flexibility index (Phi) is 64.8. The van der Waals surface area contributed by atoms with Gasteiger partial charge in [-0.25, -0.2) is 0 Å². The van der Waals surface area contributed by atoms with Crippen molar-refractivity contribution in [2.24, 2.45) is 0 Å². The van der Waals surface area contributed by atoms with E-state index in [0.29, 0.717) is 19.3 Å². The molecule has 0 aromatic rings. The lowest BCUT2D eigenvalue weighted by Crippen LogP contribution is -2.30. The topological polar surface area (TPSA) is 78.9 Å². The maximum Gasteiger partial charge on any atom is 0.306 e. The van der Waals surface area contributed by atoms with Gasteiger partial charge < -0.3 is 14.2 Å². The van der Waals surface area contributed by atoms with Gasteiger partial charge >= 0.3 is 17.9 Å². The first-order valence-corrected chi connectivity index (χ1v) is 34.0. The molecule has 6 heteroatoms. The van der Waals surface area contributed by atoms with Crippen LogP contribution in [0, 0.1) is 0 Å². The van der Waals surface area contributed by atoms with Crippen LogP contribution in [-0.4, -0.2) is 37.2 Å². The van der Waals surface area contributed by atoms with Crippen LogP contribution in [0.15, 0.2) is 122 Å². The maximum atomic E-state index is 12.9. The average Bonchev–Trinajstić information content (AvgIpc) is 3.47. The molecule has 0 bridgehead atoms. The molecule has 0 saturated heterocycles. The molecule has 0 amide bonds. The van der Waals surface area contributed by atoms with E-state index in [-0.39, 0.29) is 31.1 Å². The van der Waals surface area contributed by atoms with Gasteiger partial charge in [-0.3, -0.25) is 14.4 Å². The van der Waals surface area contributed by atoms with Crippen LogP contribution in [0.4, 0.5) is 0 Å². The zero-order valence-electron chi connectivity index (χ0n) is 53.0. The van der Waals surface area contributed by atoms with E-state index in [4.69, 9.17) is 14.2 Å². The Morgan fingerprint density at radius 1 is 0.259 bits per heavy atom. The van der Waals surface area contributed by atoms with E-state index in [0.717, 1.165) is 135 Å². The van der Waals surface area contributed by atoms with Crippen LogP contribution in [0.1, 0.15) is 316 Å². The van der Waals surface area contributed by atoms with Crippen LogP contribution < -0.4 is 0 Å². The van der Waals surface area contributed by atoms with Gasteiger partial charge in [0.1, 0.15) is 13.2 Å². The molecule has 0 aliphatic rings. The molecule has 0 spiro atoms. The van der Waals surface area contributed by atoms with Gasteiger partial charge in [-0.1, -0.05) is 284 Å². The molecule has 0 aliphatic heterocycles. The smallest absolute Gasteiger partial charge is 0.306 e. The normalized spacial score (nSPS) is 12.9. The number of rotatable bonds is 61. The van der Waals surface area contributed by atoms with Crippen LogP contribution in [-0.2, 0) is 28.6 Å². The summed E-state index contributed by atoms with van der Waals surface area (Å²) in [6.45, 7) is 6.48. The molecular formula is C75H126O6. The number of carbonyl (C=O) groups is 3. The number of esters is 3. The molecular weight excluding hydrogens is 997 g/mol. The van der Waals surface area contributed by atoms with Crippen molar-refractivity contribution in [2.75, 3.05) is 13.2 Å². The molecule has 0 saturated carbocycles. The lowest BCUT2D eigenvalue weighted by Gasteiger charge is -2.18. The van der Waals surface area contributed by atoms with Crippen molar-refractivity contribution in [3.8, 4) is 0 Å². The van der Waals surface area contributed by atoms with Crippen LogP contribution in [0.25, 0.3) is 0 Å². The highest BCUT2D eigenvalue weighted by atomic mass is 16.6. The average molecular weight is 1120 g/mol. The van der Waals surface area contributed by atoms with Gasteiger partial charge in [0.15, 0.2) is 6.10 Å². The number of ether oxygens (including phenoxy) is 3. The molecule has 0 aromatic heterocycles. The summed E-state index contributed by atoms with van der Waals surface area (Å²) in [4.78, 5) is 38.4. The molecule has 462 valence electrons. The van der Waals surface area contributed by atoms with E-state index >= 15 is 0 Å². The summed E-state index contributed by atoms with van der Waals surface area (Å²) in [7, 11) is 0. The molecule has 0 N–H and O–H groups in total. The van der Waals surface area contributed by atoms with Gasteiger partial charge in [-0.15, -0.1) is 0 Å². The molecule has 1 unspecified atom stereocenters. The van der Waals surface area contributed by atoms with Gasteiger partial charge in [-0.05, 0) is 135 Å². The second-order valence-corrected chi connectivity index (χ2v) is 22.3. The number of hydrogen-bond acceptors (Lipinski definition) is 6. The number of allylic oxidation sites excluding steroid dienone is 20. The Balaban J connectivity index is 4.30. The van der Waals surface area contributed by atoms with Crippen LogP contribution in [0.3, 0.4) is 0 Å². The van der Waals surface area contributed by atoms with Crippen LogP contribution in [0.5, 0.6) is 0 Å². The standard InChI is InChI=1S/C75H126O6/c1-4-7-10-13-16-19-22-25-28-30-31-32-33-34-35-36-37-38-39-40-41-42-43-45-47-50-53-56-59-62-65-68-74(77)80-71-72(70-79-73(76)67-64-61-58-55-52-49-46-27-24-21-18-15-12-9-6-3)81-75(78)69-66-63-60-57-54-51-48-44-29-26-23-20-17-14-11-8-5-2/h7,10,16-21,25-29,31-32,34-35,37-38,46,72H,4-6,8-9,11-15,22-24,30,33,36,39-45,47-71H2,1-3H3/b10-7-,19-16-,20-17-,21-18-,28-25-,29-26-,32-31-,35-34-,38-37-,46-27-. The number of carbonyl (C=O) groups excluding carboxylic acids is 3. The Morgan fingerprint density at radius 3 is 0.753 bits per heavy atom. The van der Waals surface area contributed by atoms with Crippen molar-refractivity contribution in [3.05, 3.63) is 122 Å². The second-order valence-electron chi connectivity index (χ2n) is 22.3. The van der Waals surface area contributed by atoms with E-state index in [2.05, 4.69) is 142 Å². The summed E-state index contributed by atoms with van der Waals surface area (Å²) in [6, 6.07) is 0. The lowest BCUT2D eigenvalue weighted by molar-refractivity contribution is -0.167. The molecule has 81 heavy (non-hydrogen) atoms. The van der Waals surface area contributed by atoms with E-state index < -0.39 is 6.10 Å². The van der Waals surface area contributed by atoms with Gasteiger partial charge in [0.05, 0.1) is 0 Å². The van der Waals surface area contributed by atoms with Gasteiger partial charge in [0, 0.05) is 19.3 Å². The third-order valence-electron chi connectivity index (χ3n) is 14.4. The highest BCUT2D eigenvalue weighted by Crippen LogP contribution is 2.16. The van der Waals surface area contributed by atoms with E-state index in [1.165, 1.54) is 141 Å². The minimum Gasteiger partial charge on any atom is -0.462 e. The lowest BCUT2D eigenvalue weighted by atomic mass is 10.0. The number of hydrogen-bond donors (Lipinski definition) is 0. The summed E-state index contributed by atoms with van der Waals surface area (Å²) in [5.74, 6) is -0.903. The maximum absolute atomic E-state index is 12.9. The predicted octanol–water partition coefficient (Wildman–Crippen LogP) is 23.6. The second kappa shape index (κ2) is 68.3. The Bertz CT molecular complexity index is 1670. The minimum atomic E-state index is -0.792. The zero-order chi connectivity index (χ0) is 58.5. The van der Waals surface area contributed by atoms with Gasteiger partial charge in [-0.2, -0.15) is 0 Å². The quantitative estimate of drug-likeness (QED) is 0.0261. The summed E-state index contributed by atoms with van der Waals surface area (Å²) < 4.78 is 16.9. The first-order valence-electron chi connectivity index (χ1n) is 34.0. The van der Waals surface area contributed by atoms with Crippen molar-refractivity contribution < 1.29 is 28.6 Å². The predicted molar refractivity (Wildman–Crippen MR) is 353 cm³/mol. The highest BCUT2D eigenvalue weighted by Gasteiger charge is 2.19. The molecule has 0 heterocycles. The van der Waals surface area contributed by atoms with E-state index in [9.17, 15) is 14.4 Å². The fourth-order valence-corrected chi connectivity index (χ4v) is 9.33. The molecule has 1 atom stereocenters. The Hall–Kier alpha value is -4.19. The molecule has 0 rings (SSSR count). The highest BCUT2D eigenvalue weighted by molar-refractivity contribution is 5.71. The fraction of sp³-hybridized carbons (Fsp3) is 0.693. The Labute approximate surface area is 501 Å². The SMILES string of the molecule is CC/C=C\C/C=C\C/C=C\C/C=C\C/C=C\C/C=C\CCCCCCCCCCCCCCC(=O)OCC(COC(=O)CCCCCCC/C=C\C/C=C\CCCCC)OC(=O)CCCCCCCCC/C=C\C/C=C\CCCCC. The van der Waals surface area contributed by atoms with E-state index in [1.54, 1.807) is 0 Å². The molecule has 0 aromatic carbocycles. The van der Waals surface area contributed by atoms with Crippen LogP contribution >= 0.6 is 0 Å².